The van der Waals surface area contributed by atoms with E-state index in [9.17, 15) is 14.4 Å². The Morgan fingerprint density at radius 2 is 1.97 bits per heavy atom. The maximum Gasteiger partial charge on any atom is 0.332 e. The number of carbonyl (C=O) groups excluding carboxylic acids is 1. The largest absolute Gasteiger partial charge is 0.496 e. The molecule has 0 aliphatic heterocycles. The number of nitrogens with two attached hydrogens (primary N) is 1. The molecule has 3 rings (SSSR count). The summed E-state index contributed by atoms with van der Waals surface area (Å²) in [5.74, 6) is 0.490. The number of nitrogen functional groups attached to an aromatic ring is 1. The number of ether oxygens (including phenoxy) is 1. The van der Waals surface area contributed by atoms with E-state index in [-0.39, 0.29) is 17.1 Å². The fraction of sp³-hybridized carbons (Fsp3) is 0.318. The van der Waals surface area contributed by atoms with Crippen molar-refractivity contribution in [1.29, 1.82) is 0 Å². The third kappa shape index (κ3) is 4.63. The molecule has 33 heavy (non-hydrogen) atoms. The molecule has 0 saturated heterocycles. The highest BCUT2D eigenvalue weighted by Gasteiger charge is 2.23. The van der Waals surface area contributed by atoms with Crippen molar-refractivity contribution in [3.8, 4) is 17.1 Å². The first-order chi connectivity index (χ1) is 15.8. The number of hydrogen-bond donors (Lipinski definition) is 1. The van der Waals surface area contributed by atoms with Crippen molar-refractivity contribution in [2.75, 3.05) is 18.6 Å². The molecule has 0 spiro atoms. The van der Waals surface area contributed by atoms with Gasteiger partial charge in [-0.3, -0.25) is 23.3 Å². The number of allylic oxidation sites excluding steroid dienone is 1. The predicted octanol–water partition coefficient (Wildman–Crippen LogP) is 1.97. The molecule has 0 aliphatic rings. The van der Waals surface area contributed by atoms with Crippen molar-refractivity contribution < 1.29 is 9.53 Å². The molecule has 0 bridgehead atoms. The summed E-state index contributed by atoms with van der Waals surface area (Å²) in [6, 6.07) is 7.41. The molecule has 10 nitrogen and oxygen atoms in total. The quantitative estimate of drug-likeness (QED) is 0.271. The Hall–Kier alpha value is -3.60. The van der Waals surface area contributed by atoms with Crippen LogP contribution in [-0.2, 0) is 20.1 Å². The number of anilines is 1. The first kappa shape index (κ1) is 24.1. The fourth-order valence-corrected chi connectivity index (χ4v) is 4.22. The van der Waals surface area contributed by atoms with E-state index in [4.69, 9.17) is 10.5 Å². The van der Waals surface area contributed by atoms with Gasteiger partial charge in [0.25, 0.3) is 5.56 Å². The lowest BCUT2D eigenvalue weighted by Gasteiger charge is -2.14. The lowest BCUT2D eigenvalue weighted by atomic mass is 10.2. The van der Waals surface area contributed by atoms with E-state index in [2.05, 4.69) is 16.8 Å². The second kappa shape index (κ2) is 10.3. The first-order valence-electron chi connectivity index (χ1n) is 10.3. The lowest BCUT2D eigenvalue weighted by molar-refractivity contribution is 0.102. The molecule has 0 radical (unpaired) electrons. The standard InChI is InChI=1S/C22H26N6O4S/c1-5-11-27-18(23)17(20(30)26(3)22(27)31)15(29)13-33-21-25-24-19(28(21)12-6-2)14-9-7-8-10-16(14)32-4/h6-10H,2,5,11-13,23H2,1,3-4H3. The highest BCUT2D eigenvalue weighted by Crippen LogP contribution is 2.31. The zero-order valence-electron chi connectivity index (χ0n) is 18.8. The topological polar surface area (TPSA) is 127 Å². The van der Waals surface area contributed by atoms with Crippen LogP contribution in [0.3, 0.4) is 0 Å². The van der Waals surface area contributed by atoms with Gasteiger partial charge in [-0.05, 0) is 18.6 Å². The lowest BCUT2D eigenvalue weighted by Crippen LogP contribution is -2.42. The van der Waals surface area contributed by atoms with Gasteiger partial charge < -0.3 is 10.5 Å². The molecule has 1 aromatic carbocycles. The minimum absolute atomic E-state index is 0.106. The average Bonchev–Trinajstić information content (AvgIpc) is 3.21. The van der Waals surface area contributed by atoms with Gasteiger partial charge in [0.2, 0.25) is 0 Å². The zero-order chi connectivity index (χ0) is 24.1. The number of benzene rings is 1. The Morgan fingerprint density at radius 1 is 1.24 bits per heavy atom. The van der Waals surface area contributed by atoms with Gasteiger partial charge in [0.15, 0.2) is 16.8 Å². The number of rotatable bonds is 10. The first-order valence-corrected chi connectivity index (χ1v) is 11.3. The Labute approximate surface area is 194 Å². The van der Waals surface area contributed by atoms with Crippen molar-refractivity contribution in [2.24, 2.45) is 7.05 Å². The summed E-state index contributed by atoms with van der Waals surface area (Å²) in [7, 11) is 2.91. The van der Waals surface area contributed by atoms with Gasteiger partial charge in [0.05, 0.1) is 18.4 Å². The summed E-state index contributed by atoms with van der Waals surface area (Å²) in [6.07, 6.45) is 2.32. The number of para-hydroxylation sites is 1. The molecule has 0 fully saturated rings. The number of methoxy groups -OCH3 is 1. The van der Waals surface area contributed by atoms with Crippen LogP contribution >= 0.6 is 11.8 Å². The fourth-order valence-electron chi connectivity index (χ4n) is 3.41. The van der Waals surface area contributed by atoms with Crippen LogP contribution in [0.1, 0.15) is 23.7 Å². The van der Waals surface area contributed by atoms with Crippen LogP contribution < -0.4 is 21.7 Å². The van der Waals surface area contributed by atoms with Crippen LogP contribution in [0.5, 0.6) is 5.75 Å². The Bertz CT molecular complexity index is 1310. The summed E-state index contributed by atoms with van der Waals surface area (Å²) < 4.78 is 9.39. The molecule has 3 aromatic rings. The summed E-state index contributed by atoms with van der Waals surface area (Å²) in [4.78, 5) is 38.0. The molecule has 11 heteroatoms. The third-order valence-electron chi connectivity index (χ3n) is 5.02. The summed E-state index contributed by atoms with van der Waals surface area (Å²) in [6.45, 7) is 6.38. The number of Topliss-reactive ketones (excluding diaryl/α,β-unsaturated/α-hetero) is 1. The van der Waals surface area contributed by atoms with Gasteiger partial charge in [-0.15, -0.1) is 16.8 Å². The van der Waals surface area contributed by atoms with Crippen molar-refractivity contribution in [3.05, 3.63) is 63.3 Å². The van der Waals surface area contributed by atoms with Crippen molar-refractivity contribution in [1.82, 2.24) is 23.9 Å². The third-order valence-corrected chi connectivity index (χ3v) is 5.98. The molecular formula is C22H26N6O4S. The predicted molar refractivity (Wildman–Crippen MR) is 128 cm³/mol. The molecule has 0 saturated carbocycles. The molecule has 0 amide bonds. The van der Waals surface area contributed by atoms with Gasteiger partial charge in [-0.1, -0.05) is 36.9 Å². The Balaban J connectivity index is 1.95. The number of aromatic nitrogens is 5. The summed E-state index contributed by atoms with van der Waals surface area (Å²) >= 11 is 1.13. The van der Waals surface area contributed by atoms with E-state index >= 15 is 0 Å². The van der Waals surface area contributed by atoms with Gasteiger partial charge in [-0.25, -0.2) is 4.79 Å². The second-order valence-corrected chi connectivity index (χ2v) is 8.12. The molecule has 2 N–H and O–H groups in total. The van der Waals surface area contributed by atoms with Crippen LogP contribution in [0.2, 0.25) is 0 Å². The minimum Gasteiger partial charge on any atom is -0.496 e. The number of carbonyl (C=O) groups is 1. The maximum atomic E-state index is 13.0. The zero-order valence-corrected chi connectivity index (χ0v) is 19.6. The van der Waals surface area contributed by atoms with Crippen molar-refractivity contribution >= 4 is 23.4 Å². The van der Waals surface area contributed by atoms with Gasteiger partial charge >= 0.3 is 5.69 Å². The number of ketones is 1. The van der Waals surface area contributed by atoms with Crippen LogP contribution in [0.25, 0.3) is 11.4 Å². The Kier molecular flexibility index (Phi) is 7.54. The van der Waals surface area contributed by atoms with E-state index in [1.54, 1.807) is 13.2 Å². The van der Waals surface area contributed by atoms with Crippen LogP contribution in [-0.4, -0.2) is 42.5 Å². The maximum absolute atomic E-state index is 13.0. The average molecular weight is 471 g/mol. The van der Waals surface area contributed by atoms with Gasteiger partial charge in [-0.2, -0.15) is 0 Å². The monoisotopic (exact) mass is 470 g/mol. The van der Waals surface area contributed by atoms with Gasteiger partial charge in [0.1, 0.15) is 17.1 Å². The smallest absolute Gasteiger partial charge is 0.332 e. The van der Waals surface area contributed by atoms with Crippen LogP contribution in [0.4, 0.5) is 5.82 Å². The van der Waals surface area contributed by atoms with Crippen LogP contribution in [0, 0.1) is 0 Å². The normalized spacial score (nSPS) is 10.9. The molecule has 2 aromatic heterocycles. The Morgan fingerprint density at radius 3 is 2.64 bits per heavy atom. The van der Waals surface area contributed by atoms with E-state index in [0.717, 1.165) is 21.9 Å². The minimum atomic E-state index is -0.710. The highest BCUT2D eigenvalue weighted by molar-refractivity contribution is 7.99. The number of thioether (sulfide) groups is 1. The molecule has 0 unspecified atom stereocenters. The number of hydrogen-bond acceptors (Lipinski definition) is 8. The second-order valence-electron chi connectivity index (χ2n) is 7.18. The summed E-state index contributed by atoms with van der Waals surface area (Å²) in [5, 5.41) is 8.98. The molecule has 2 heterocycles. The van der Waals surface area contributed by atoms with Gasteiger partial charge in [0, 0.05) is 20.1 Å². The van der Waals surface area contributed by atoms with Crippen molar-refractivity contribution in [3.63, 3.8) is 0 Å². The van der Waals surface area contributed by atoms with E-state index in [0.29, 0.717) is 36.2 Å². The molecule has 0 atom stereocenters. The van der Waals surface area contributed by atoms with E-state index < -0.39 is 17.0 Å². The molecular weight excluding hydrogens is 444 g/mol. The van der Waals surface area contributed by atoms with Crippen LogP contribution in [0.15, 0.2) is 51.7 Å². The van der Waals surface area contributed by atoms with E-state index in [1.165, 1.54) is 11.6 Å². The molecule has 174 valence electrons. The summed E-state index contributed by atoms with van der Waals surface area (Å²) in [5.41, 5.74) is 5.35. The SMILES string of the molecule is C=CCn1c(SCC(=O)c2c(N)n(CCC)c(=O)n(C)c2=O)nnc1-c1ccccc1OC. The van der Waals surface area contributed by atoms with Crippen molar-refractivity contribution in [2.45, 2.75) is 31.6 Å². The number of nitrogens with zero attached hydrogens (tertiary/aromatic N) is 5. The van der Waals surface area contributed by atoms with E-state index in [1.807, 2.05) is 35.8 Å². The molecule has 0 aliphatic carbocycles. The highest BCUT2D eigenvalue weighted by atomic mass is 32.2.